The van der Waals surface area contributed by atoms with Crippen molar-refractivity contribution in [3.63, 3.8) is 0 Å². The Morgan fingerprint density at radius 3 is 2.71 bits per heavy atom. The molecule has 2 N–H and O–H groups in total. The first kappa shape index (κ1) is 26.5. The molecule has 2 atom stereocenters. The Labute approximate surface area is 213 Å². The fourth-order valence-corrected chi connectivity index (χ4v) is 3.77. The van der Waals surface area contributed by atoms with Gasteiger partial charge in [-0.3, -0.25) is 4.98 Å². The first-order chi connectivity index (χ1) is 18.0. The van der Waals surface area contributed by atoms with Crippen LogP contribution in [0.4, 0.5) is 22.4 Å². The Hall–Kier alpha value is -4.60. The van der Waals surface area contributed by atoms with Gasteiger partial charge in [0.15, 0.2) is 11.8 Å². The van der Waals surface area contributed by atoms with Crippen molar-refractivity contribution in [1.29, 1.82) is 0 Å². The van der Waals surface area contributed by atoms with Gasteiger partial charge >= 0.3 is 12.3 Å². The summed E-state index contributed by atoms with van der Waals surface area (Å²) >= 11 is 0. The lowest BCUT2D eigenvalue weighted by molar-refractivity contribution is -0.164. The van der Waals surface area contributed by atoms with Crippen LogP contribution in [0.2, 0.25) is 0 Å². The van der Waals surface area contributed by atoms with Gasteiger partial charge in [-0.1, -0.05) is 11.1 Å². The van der Waals surface area contributed by atoms with E-state index in [1.165, 1.54) is 31.3 Å². The minimum absolute atomic E-state index is 0.186. The summed E-state index contributed by atoms with van der Waals surface area (Å²) in [4.78, 5) is 18.6. The van der Waals surface area contributed by atoms with Crippen LogP contribution in [0.15, 0.2) is 52.1 Å². The highest BCUT2D eigenvalue weighted by Gasteiger charge is 2.50. The number of ether oxygens (including phenoxy) is 2. The van der Waals surface area contributed by atoms with Gasteiger partial charge in [0.25, 0.3) is 6.02 Å². The fraction of sp³-hybridized carbons (Fsp3) is 0.280. The van der Waals surface area contributed by atoms with Crippen molar-refractivity contribution in [2.24, 2.45) is 4.99 Å². The van der Waals surface area contributed by atoms with Gasteiger partial charge in [0, 0.05) is 23.6 Å². The molecule has 198 valence electrons. The van der Waals surface area contributed by atoms with E-state index in [0.29, 0.717) is 22.7 Å². The molecular weight excluding hydrogens is 512 g/mol. The Bertz CT molecular complexity index is 1430. The molecule has 3 aromatic rings. The number of halogens is 4. The van der Waals surface area contributed by atoms with Crippen LogP contribution in [0.25, 0.3) is 22.7 Å². The van der Waals surface area contributed by atoms with Crippen molar-refractivity contribution in [3.8, 4) is 40.3 Å². The van der Waals surface area contributed by atoms with Gasteiger partial charge in [-0.15, -0.1) is 5.92 Å². The van der Waals surface area contributed by atoms with Gasteiger partial charge in [0.1, 0.15) is 29.5 Å². The van der Waals surface area contributed by atoms with Crippen LogP contribution in [0, 0.1) is 17.7 Å². The zero-order valence-electron chi connectivity index (χ0n) is 20.0. The number of aromatic nitrogens is 2. The third kappa shape index (κ3) is 5.86. The Morgan fingerprint density at radius 1 is 1.26 bits per heavy atom. The molecule has 0 aliphatic carbocycles. The molecule has 1 aromatic carbocycles. The number of carbonyl (C=O) groups is 1. The summed E-state index contributed by atoms with van der Waals surface area (Å²) in [5.41, 5.74) is -1.07. The smallest absolute Gasteiger partial charge is 0.412 e. The monoisotopic (exact) mass is 532 g/mol. The van der Waals surface area contributed by atoms with Crippen LogP contribution < -0.4 is 10.1 Å². The van der Waals surface area contributed by atoms with Crippen molar-refractivity contribution >= 4 is 12.1 Å². The summed E-state index contributed by atoms with van der Waals surface area (Å²) in [5, 5.41) is 14.6. The van der Waals surface area contributed by atoms with Gasteiger partial charge in [0.05, 0.1) is 11.9 Å². The Morgan fingerprint density at radius 2 is 2.05 bits per heavy atom. The number of rotatable bonds is 5. The Kier molecular flexibility index (Phi) is 7.25. The molecule has 0 radical (unpaired) electrons. The standard InChI is InChI=1S/C25H20F4N4O5/c1-3-4-9-36-15-6-8-18(30-13-15)19-11-20(38-33-19)14-5-7-17(26)16(10-14)24(2)12-21(25(27,28)29)31-22(37-24)32-23(34)35/h5-8,10-11,13,21H,9,12H2,1-2H3,(H,31,32)(H,34,35)/t21-,24-/m0/s1. The summed E-state index contributed by atoms with van der Waals surface area (Å²) in [7, 11) is 0. The number of hydrogen-bond donors (Lipinski definition) is 2. The highest BCUT2D eigenvalue weighted by atomic mass is 19.4. The van der Waals surface area contributed by atoms with E-state index in [2.05, 4.69) is 27.0 Å². The van der Waals surface area contributed by atoms with E-state index < -0.39 is 42.2 Å². The molecule has 9 nitrogen and oxygen atoms in total. The highest BCUT2D eigenvalue weighted by Crippen LogP contribution is 2.42. The number of amidine groups is 1. The number of hydrogen-bond acceptors (Lipinski definition) is 7. The van der Waals surface area contributed by atoms with E-state index in [0.717, 1.165) is 6.07 Å². The summed E-state index contributed by atoms with van der Waals surface area (Å²) in [6, 6.07) is 5.31. The van der Waals surface area contributed by atoms with Gasteiger partial charge in [0.2, 0.25) is 0 Å². The summed E-state index contributed by atoms with van der Waals surface area (Å²) in [5.74, 6) is 5.30. The van der Waals surface area contributed by atoms with Crippen molar-refractivity contribution in [1.82, 2.24) is 15.5 Å². The second kappa shape index (κ2) is 10.4. The molecule has 0 fully saturated rings. The van der Waals surface area contributed by atoms with Crippen LogP contribution in [-0.2, 0) is 10.3 Å². The molecule has 0 unspecified atom stereocenters. The van der Waals surface area contributed by atoms with Crippen molar-refractivity contribution < 1.29 is 41.5 Å². The van der Waals surface area contributed by atoms with E-state index in [-0.39, 0.29) is 17.9 Å². The normalized spacial score (nSPS) is 19.0. The molecule has 1 aliphatic rings. The zero-order valence-corrected chi connectivity index (χ0v) is 20.0. The van der Waals surface area contributed by atoms with E-state index in [1.54, 1.807) is 24.4 Å². The lowest BCUT2D eigenvalue weighted by atomic mass is 9.86. The number of nitrogens with one attached hydrogen (secondary N) is 1. The van der Waals surface area contributed by atoms with Crippen molar-refractivity contribution in [2.75, 3.05) is 6.61 Å². The average molecular weight is 532 g/mol. The van der Waals surface area contributed by atoms with E-state index in [1.807, 2.05) is 0 Å². The number of aliphatic imine (C=N–C) groups is 1. The first-order valence-electron chi connectivity index (χ1n) is 11.1. The predicted octanol–water partition coefficient (Wildman–Crippen LogP) is 5.13. The lowest BCUT2D eigenvalue weighted by Crippen LogP contribution is -2.48. The molecule has 0 bridgehead atoms. The van der Waals surface area contributed by atoms with Gasteiger partial charge in [-0.2, -0.15) is 13.2 Å². The molecule has 1 aliphatic heterocycles. The second-order valence-electron chi connectivity index (χ2n) is 8.32. The SMILES string of the molecule is CC#CCOc1ccc(-c2cc(-c3ccc(F)c([C@]4(C)C[C@@H](C(F)(F)F)N=C(NC(=O)O)O4)c3)on2)nc1. The fourth-order valence-electron chi connectivity index (χ4n) is 3.77. The third-order valence-electron chi connectivity index (χ3n) is 5.59. The van der Waals surface area contributed by atoms with Gasteiger partial charge in [-0.05, 0) is 44.2 Å². The summed E-state index contributed by atoms with van der Waals surface area (Å²) in [6.45, 7) is 3.13. The van der Waals surface area contributed by atoms with Crippen molar-refractivity contribution in [3.05, 3.63) is 54.0 Å². The maximum Gasteiger partial charge on any atom is 0.412 e. The number of carboxylic acid groups (broad SMARTS) is 1. The van der Waals surface area contributed by atoms with E-state index in [4.69, 9.17) is 19.1 Å². The largest absolute Gasteiger partial charge is 0.479 e. The maximum absolute atomic E-state index is 14.9. The molecule has 0 spiro atoms. The average Bonchev–Trinajstić information content (AvgIpc) is 3.34. The van der Waals surface area contributed by atoms with Crippen LogP contribution in [0.3, 0.4) is 0 Å². The number of benzene rings is 1. The number of nitrogens with zero attached hydrogens (tertiary/aromatic N) is 3. The molecule has 4 rings (SSSR count). The van der Waals surface area contributed by atoms with E-state index >= 15 is 0 Å². The number of alkyl halides is 3. The third-order valence-corrected chi connectivity index (χ3v) is 5.59. The second-order valence-corrected chi connectivity index (χ2v) is 8.32. The first-order valence-corrected chi connectivity index (χ1v) is 11.1. The van der Waals surface area contributed by atoms with Crippen LogP contribution in [0.1, 0.15) is 25.8 Å². The summed E-state index contributed by atoms with van der Waals surface area (Å²) in [6.07, 6.45) is -5.80. The highest BCUT2D eigenvalue weighted by molar-refractivity contribution is 5.90. The maximum atomic E-state index is 14.9. The quantitative estimate of drug-likeness (QED) is 0.345. The Balaban J connectivity index is 1.62. The minimum Gasteiger partial charge on any atom is -0.479 e. The van der Waals surface area contributed by atoms with E-state index in [9.17, 15) is 22.4 Å². The predicted molar refractivity (Wildman–Crippen MR) is 126 cm³/mol. The number of amides is 1. The zero-order chi connectivity index (χ0) is 27.5. The molecule has 3 heterocycles. The number of pyridine rings is 1. The molecular formula is C25H20F4N4O5. The lowest BCUT2D eigenvalue weighted by Gasteiger charge is -2.38. The van der Waals surface area contributed by atoms with Crippen molar-refractivity contribution in [2.45, 2.75) is 38.1 Å². The summed E-state index contributed by atoms with van der Waals surface area (Å²) < 4.78 is 71.8. The topological polar surface area (TPSA) is 119 Å². The molecule has 0 saturated heterocycles. The molecule has 1 amide bonds. The molecule has 0 saturated carbocycles. The van der Waals surface area contributed by atoms with Crippen LogP contribution in [0.5, 0.6) is 5.75 Å². The molecule has 13 heteroatoms. The molecule has 38 heavy (non-hydrogen) atoms. The molecule has 2 aromatic heterocycles. The van der Waals surface area contributed by atoms with Gasteiger partial charge in [-0.25, -0.2) is 19.5 Å². The van der Waals surface area contributed by atoms with Gasteiger partial charge < -0.3 is 19.1 Å². The van der Waals surface area contributed by atoms with Crippen LogP contribution in [-0.4, -0.2) is 46.2 Å². The minimum atomic E-state index is -4.82. The van der Waals surface area contributed by atoms with Crippen LogP contribution >= 0.6 is 0 Å².